The molecule has 0 N–H and O–H groups in total. The molecule has 2 aliphatic carbocycles. The summed E-state index contributed by atoms with van der Waals surface area (Å²) in [7, 11) is 0. The fourth-order valence-electron chi connectivity index (χ4n) is 6.59. The predicted octanol–water partition coefficient (Wildman–Crippen LogP) is 9.34. The Bertz CT molecular complexity index is 2370. The molecule has 0 bridgehead atoms. The van der Waals surface area contributed by atoms with Crippen LogP contribution < -0.4 is 0 Å². The molecule has 236 valence electrons. The van der Waals surface area contributed by atoms with Crippen LogP contribution in [0.5, 0.6) is 0 Å². The van der Waals surface area contributed by atoms with Crippen molar-refractivity contribution >= 4 is 22.3 Å². The fourth-order valence-corrected chi connectivity index (χ4v) is 6.59. The standard InChI is InChI=1S/C38H12F6N6/c39-37(40,41)29-11-3-5-21(27(29)17-49)23-7-1-9-25-33(23)31(19(13-45)14-46)36-26-10-2-8-24(34(26)32(35(25)36)20(15-47)16-48)22-6-4-12-30(28(22)18-50)38(42,43)44/h1-12H. The Labute approximate surface area is 279 Å². The van der Waals surface area contributed by atoms with E-state index < -0.39 is 45.8 Å². The lowest BCUT2D eigenvalue weighted by Gasteiger charge is -2.20. The number of allylic oxidation sites excluding steroid dienone is 6. The van der Waals surface area contributed by atoms with Crippen LogP contribution in [0.2, 0.25) is 0 Å². The zero-order valence-electron chi connectivity index (χ0n) is 24.9. The van der Waals surface area contributed by atoms with Crippen molar-refractivity contribution in [2.24, 2.45) is 0 Å². The minimum absolute atomic E-state index is 0.0368. The number of nitrogens with zero attached hydrogens (tertiary/aromatic N) is 6. The van der Waals surface area contributed by atoms with Crippen LogP contribution in [-0.2, 0) is 12.4 Å². The molecular weight excluding hydrogens is 654 g/mol. The number of benzene rings is 4. The first-order valence-electron chi connectivity index (χ1n) is 14.2. The molecule has 12 heteroatoms. The summed E-state index contributed by atoms with van der Waals surface area (Å²) in [5, 5.41) is 60.4. The summed E-state index contributed by atoms with van der Waals surface area (Å²) in [5.41, 5.74) is -4.56. The van der Waals surface area contributed by atoms with Crippen molar-refractivity contribution in [1.29, 1.82) is 31.6 Å². The Morgan fingerprint density at radius 2 is 0.720 bits per heavy atom. The normalized spacial score (nSPS) is 12.7. The van der Waals surface area contributed by atoms with Gasteiger partial charge in [-0.3, -0.25) is 0 Å². The van der Waals surface area contributed by atoms with Crippen LogP contribution in [-0.4, -0.2) is 0 Å². The maximum Gasteiger partial charge on any atom is 0.417 e. The number of rotatable bonds is 2. The van der Waals surface area contributed by atoms with E-state index in [0.29, 0.717) is 0 Å². The quantitative estimate of drug-likeness (QED) is 0.154. The van der Waals surface area contributed by atoms with E-state index in [4.69, 9.17) is 0 Å². The number of hydrogen-bond acceptors (Lipinski definition) is 6. The van der Waals surface area contributed by atoms with Crippen molar-refractivity contribution in [3.63, 3.8) is 0 Å². The molecule has 0 fully saturated rings. The molecule has 0 unspecified atom stereocenters. The number of hydrogen-bond donors (Lipinski definition) is 0. The van der Waals surface area contributed by atoms with Crippen LogP contribution >= 0.6 is 0 Å². The molecule has 0 spiro atoms. The van der Waals surface area contributed by atoms with Gasteiger partial charge in [0.25, 0.3) is 0 Å². The number of alkyl halides is 6. The van der Waals surface area contributed by atoms with Crippen LogP contribution in [0, 0.1) is 68.0 Å². The van der Waals surface area contributed by atoms with E-state index in [9.17, 15) is 57.9 Å². The lowest BCUT2D eigenvalue weighted by molar-refractivity contribution is -0.138. The number of nitriles is 6. The molecule has 4 aromatic rings. The molecule has 0 radical (unpaired) electrons. The fraction of sp³-hybridized carbons (Fsp3) is 0.0526. The summed E-state index contributed by atoms with van der Waals surface area (Å²) in [5.74, 6) is 0. The average Bonchev–Trinajstić information content (AvgIpc) is 3.61. The average molecular weight is 667 g/mol. The van der Waals surface area contributed by atoms with Gasteiger partial charge in [0.1, 0.15) is 47.6 Å². The van der Waals surface area contributed by atoms with E-state index in [-0.39, 0.29) is 66.8 Å². The van der Waals surface area contributed by atoms with Gasteiger partial charge < -0.3 is 0 Å². The predicted molar refractivity (Wildman–Crippen MR) is 166 cm³/mol. The molecule has 6 rings (SSSR count). The molecule has 0 amide bonds. The van der Waals surface area contributed by atoms with Crippen LogP contribution in [0.4, 0.5) is 26.3 Å². The van der Waals surface area contributed by atoms with E-state index >= 15 is 0 Å². The van der Waals surface area contributed by atoms with Gasteiger partial charge in [0.2, 0.25) is 0 Å². The van der Waals surface area contributed by atoms with Crippen molar-refractivity contribution < 1.29 is 26.3 Å². The summed E-state index contributed by atoms with van der Waals surface area (Å²) in [6, 6.07) is 25.4. The zero-order valence-corrected chi connectivity index (χ0v) is 24.9. The molecule has 0 saturated carbocycles. The molecule has 2 aliphatic rings. The minimum atomic E-state index is -4.91. The Kier molecular flexibility index (Phi) is 7.62. The summed E-state index contributed by atoms with van der Waals surface area (Å²) in [6.45, 7) is 0. The Balaban J connectivity index is 1.77. The van der Waals surface area contributed by atoms with Crippen molar-refractivity contribution in [1.82, 2.24) is 0 Å². The second-order valence-electron chi connectivity index (χ2n) is 10.8. The number of halogens is 6. The van der Waals surface area contributed by atoms with Gasteiger partial charge >= 0.3 is 12.4 Å². The Morgan fingerprint density at radius 3 is 1.02 bits per heavy atom. The van der Waals surface area contributed by atoms with Crippen molar-refractivity contribution in [2.45, 2.75) is 12.4 Å². The maximum atomic E-state index is 14.0. The van der Waals surface area contributed by atoms with Gasteiger partial charge in [-0.05, 0) is 34.4 Å². The lowest BCUT2D eigenvalue weighted by Crippen LogP contribution is -2.09. The Morgan fingerprint density at radius 1 is 0.420 bits per heavy atom. The highest BCUT2D eigenvalue weighted by Crippen LogP contribution is 2.62. The van der Waals surface area contributed by atoms with E-state index in [1.165, 1.54) is 48.5 Å². The van der Waals surface area contributed by atoms with Gasteiger partial charge in [-0.15, -0.1) is 0 Å². The molecule has 0 saturated heterocycles. The molecule has 6 nitrogen and oxygen atoms in total. The molecule has 50 heavy (non-hydrogen) atoms. The van der Waals surface area contributed by atoms with E-state index in [1.54, 1.807) is 36.4 Å². The molecule has 0 heterocycles. The van der Waals surface area contributed by atoms with Crippen LogP contribution in [0.15, 0.2) is 83.9 Å². The van der Waals surface area contributed by atoms with E-state index in [2.05, 4.69) is 0 Å². The topological polar surface area (TPSA) is 143 Å². The molecule has 4 aromatic carbocycles. The van der Waals surface area contributed by atoms with Gasteiger partial charge in [-0.1, -0.05) is 60.7 Å². The summed E-state index contributed by atoms with van der Waals surface area (Å²) < 4.78 is 84.0. The van der Waals surface area contributed by atoms with Gasteiger partial charge in [0, 0.05) is 44.5 Å². The molecular formula is C38H12F6N6. The van der Waals surface area contributed by atoms with Gasteiger partial charge in [-0.2, -0.15) is 57.9 Å². The first-order valence-corrected chi connectivity index (χ1v) is 14.2. The molecule has 0 aliphatic heterocycles. The van der Waals surface area contributed by atoms with Crippen LogP contribution in [0.25, 0.3) is 44.5 Å². The summed E-state index contributed by atoms with van der Waals surface area (Å²) in [4.78, 5) is 0. The van der Waals surface area contributed by atoms with Crippen LogP contribution in [0.1, 0.15) is 44.5 Å². The highest BCUT2D eigenvalue weighted by Gasteiger charge is 2.43. The van der Waals surface area contributed by atoms with Gasteiger partial charge in [0.05, 0.1) is 22.3 Å². The second-order valence-corrected chi connectivity index (χ2v) is 10.8. The van der Waals surface area contributed by atoms with Gasteiger partial charge in [-0.25, -0.2) is 0 Å². The third-order valence-corrected chi connectivity index (χ3v) is 8.41. The van der Waals surface area contributed by atoms with Crippen molar-refractivity contribution in [3.8, 4) is 58.7 Å². The van der Waals surface area contributed by atoms with E-state index in [0.717, 1.165) is 24.3 Å². The van der Waals surface area contributed by atoms with Crippen molar-refractivity contribution in [2.75, 3.05) is 0 Å². The van der Waals surface area contributed by atoms with Crippen LogP contribution in [0.3, 0.4) is 0 Å². The third kappa shape index (κ3) is 4.69. The van der Waals surface area contributed by atoms with Gasteiger partial charge in [0.15, 0.2) is 0 Å². The summed E-state index contributed by atoms with van der Waals surface area (Å²) in [6.07, 6.45) is -9.82. The SMILES string of the molecule is N#CC(C#N)=C1C2=C(C(=C(C#N)C#N)c3c2cccc3-c2cccc(C(F)(F)F)c2C#N)c2cccc(-c3cccc(C(F)(F)F)c3C#N)c21. The highest BCUT2D eigenvalue weighted by molar-refractivity contribution is 6.39. The zero-order chi connectivity index (χ0) is 36.1. The van der Waals surface area contributed by atoms with E-state index in [1.807, 2.05) is 0 Å². The lowest BCUT2D eigenvalue weighted by atomic mass is 9.82. The third-order valence-electron chi connectivity index (χ3n) is 8.41. The Hall–Kier alpha value is -7.38. The largest absolute Gasteiger partial charge is 0.417 e. The smallest absolute Gasteiger partial charge is 0.192 e. The first-order chi connectivity index (χ1) is 23.9. The second kappa shape index (κ2) is 11.7. The van der Waals surface area contributed by atoms with Crippen molar-refractivity contribution in [3.05, 3.63) is 128 Å². The molecule has 0 atom stereocenters. The highest BCUT2D eigenvalue weighted by atomic mass is 19.4. The maximum absolute atomic E-state index is 14.0. The first kappa shape index (κ1) is 32.6. The number of fused-ring (bicyclic) bond motifs is 4. The minimum Gasteiger partial charge on any atom is -0.192 e. The monoisotopic (exact) mass is 666 g/mol. The summed E-state index contributed by atoms with van der Waals surface area (Å²) >= 11 is 0. The molecule has 0 aromatic heterocycles.